The second-order valence-corrected chi connectivity index (χ2v) is 2.82. The van der Waals surface area contributed by atoms with Crippen LogP contribution in [0.2, 0.25) is 0 Å². The van der Waals surface area contributed by atoms with E-state index in [1.54, 1.807) is 0 Å². The number of oxime groups is 1. The molecule has 8 heteroatoms. The minimum absolute atomic E-state index is 0.126. The van der Waals surface area contributed by atoms with E-state index in [4.69, 9.17) is 10.5 Å². The van der Waals surface area contributed by atoms with Crippen LogP contribution in [-0.4, -0.2) is 21.7 Å². The van der Waals surface area contributed by atoms with E-state index in [1.165, 1.54) is 30.3 Å². The van der Waals surface area contributed by atoms with Gasteiger partial charge in [0.25, 0.3) is 11.6 Å². The molecule has 0 aliphatic heterocycles. The number of carbonyl (C=O) groups excluding carboxylic acids is 1. The molecule has 0 saturated heterocycles. The van der Waals surface area contributed by atoms with Gasteiger partial charge in [-0.15, -0.1) is 0 Å². The second-order valence-electron chi connectivity index (χ2n) is 2.82. The fourth-order valence-electron chi connectivity index (χ4n) is 0.975. The number of nitro groups is 1. The third-order valence-corrected chi connectivity index (χ3v) is 1.76. The highest BCUT2D eigenvalue weighted by Crippen LogP contribution is 2.15. The van der Waals surface area contributed by atoms with E-state index in [-0.39, 0.29) is 11.4 Å². The first-order valence-electron chi connectivity index (χ1n) is 4.26. The van der Waals surface area contributed by atoms with Crippen molar-refractivity contribution >= 4 is 23.0 Å². The van der Waals surface area contributed by atoms with Gasteiger partial charge in [0.05, 0.1) is 4.92 Å². The summed E-state index contributed by atoms with van der Waals surface area (Å²) in [5.41, 5.74) is -0.584. The molecular weight excluding hydrogens is 228 g/mol. The number of amides is 1. The number of nitrogens with zero attached hydrogens (tertiary/aromatic N) is 3. The summed E-state index contributed by atoms with van der Waals surface area (Å²) in [6.07, 6.45) is 0. The molecule has 0 bridgehead atoms. The molecule has 2 N–H and O–H groups in total. The smallest absolute Gasteiger partial charge is 0.288 e. The summed E-state index contributed by atoms with van der Waals surface area (Å²) in [5, 5.41) is 31.8. The molecule has 1 amide bonds. The molecular formula is C9H6N4O4. The Morgan fingerprint density at radius 1 is 1.47 bits per heavy atom. The highest BCUT2D eigenvalue weighted by Gasteiger charge is 2.12. The Hall–Kier alpha value is -2.95. The summed E-state index contributed by atoms with van der Waals surface area (Å²) in [4.78, 5) is 21.0. The van der Waals surface area contributed by atoms with Crippen LogP contribution in [0, 0.1) is 21.4 Å². The highest BCUT2D eigenvalue weighted by molar-refractivity contribution is 6.48. The molecule has 0 spiro atoms. The lowest BCUT2D eigenvalue weighted by Crippen LogP contribution is -2.21. The molecule has 86 valence electrons. The third-order valence-electron chi connectivity index (χ3n) is 1.76. The van der Waals surface area contributed by atoms with Crippen molar-refractivity contribution < 1.29 is 14.9 Å². The Morgan fingerprint density at radius 3 is 2.47 bits per heavy atom. The van der Waals surface area contributed by atoms with E-state index in [0.717, 1.165) is 0 Å². The Morgan fingerprint density at radius 2 is 2.06 bits per heavy atom. The van der Waals surface area contributed by atoms with Gasteiger partial charge in [-0.05, 0) is 12.1 Å². The summed E-state index contributed by atoms with van der Waals surface area (Å²) in [6, 6.07) is 6.35. The van der Waals surface area contributed by atoms with Gasteiger partial charge >= 0.3 is 0 Å². The van der Waals surface area contributed by atoms with E-state index < -0.39 is 16.5 Å². The first-order chi connectivity index (χ1) is 8.08. The van der Waals surface area contributed by atoms with Crippen molar-refractivity contribution in [3.63, 3.8) is 0 Å². The fraction of sp³-hybridized carbons (Fsp3) is 0. The van der Waals surface area contributed by atoms with E-state index in [1.807, 2.05) is 0 Å². The van der Waals surface area contributed by atoms with Crippen LogP contribution in [0.25, 0.3) is 0 Å². The summed E-state index contributed by atoms with van der Waals surface area (Å²) in [6.45, 7) is 0. The molecule has 0 atom stereocenters. The number of nitriles is 1. The standard InChI is InChI=1S/C9H6N4O4/c10-5-8(12-15)9(14)11-6-1-3-7(4-2-6)13(16)17/h1-4,15H,(H,11,14)/b12-8+. The second kappa shape index (κ2) is 5.22. The molecule has 1 rings (SSSR count). The van der Waals surface area contributed by atoms with Gasteiger partial charge < -0.3 is 10.5 Å². The summed E-state index contributed by atoms with van der Waals surface area (Å²) >= 11 is 0. The quantitative estimate of drug-likeness (QED) is 0.347. The lowest BCUT2D eigenvalue weighted by molar-refractivity contribution is -0.384. The SMILES string of the molecule is N#C/C(=N\O)C(=O)Nc1ccc([N+](=O)[O-])cc1. The molecule has 0 fully saturated rings. The minimum Gasteiger partial charge on any atom is -0.410 e. The van der Waals surface area contributed by atoms with E-state index in [2.05, 4.69) is 10.5 Å². The van der Waals surface area contributed by atoms with Crippen molar-refractivity contribution in [1.82, 2.24) is 0 Å². The van der Waals surface area contributed by atoms with Crippen molar-refractivity contribution in [1.29, 1.82) is 5.26 Å². The minimum atomic E-state index is -0.899. The molecule has 0 aromatic heterocycles. The average molecular weight is 234 g/mol. The molecule has 17 heavy (non-hydrogen) atoms. The van der Waals surface area contributed by atoms with Gasteiger partial charge in [0.2, 0.25) is 5.71 Å². The van der Waals surface area contributed by atoms with Gasteiger partial charge in [0.15, 0.2) is 0 Å². The average Bonchev–Trinajstić information content (AvgIpc) is 2.31. The van der Waals surface area contributed by atoms with Crippen LogP contribution < -0.4 is 5.32 Å². The number of nitro benzene ring substituents is 1. The third kappa shape index (κ3) is 3.00. The van der Waals surface area contributed by atoms with Crippen molar-refractivity contribution in [3.05, 3.63) is 34.4 Å². The fourth-order valence-corrected chi connectivity index (χ4v) is 0.975. The summed E-state index contributed by atoms with van der Waals surface area (Å²) < 4.78 is 0. The van der Waals surface area contributed by atoms with Crippen molar-refractivity contribution in [2.24, 2.45) is 5.16 Å². The molecule has 0 aliphatic rings. The Bertz CT molecular complexity index is 515. The first kappa shape index (κ1) is 12.1. The van der Waals surface area contributed by atoms with E-state index >= 15 is 0 Å². The molecule has 8 nitrogen and oxygen atoms in total. The molecule has 0 saturated carbocycles. The maximum Gasteiger partial charge on any atom is 0.288 e. The zero-order chi connectivity index (χ0) is 12.8. The molecule has 1 aromatic rings. The Balaban J connectivity index is 2.81. The Kier molecular flexibility index (Phi) is 3.72. The van der Waals surface area contributed by atoms with Crippen LogP contribution in [-0.2, 0) is 4.79 Å². The van der Waals surface area contributed by atoms with Gasteiger partial charge in [0, 0.05) is 17.8 Å². The molecule has 0 aliphatic carbocycles. The van der Waals surface area contributed by atoms with E-state index in [9.17, 15) is 14.9 Å². The van der Waals surface area contributed by atoms with Crippen molar-refractivity contribution in [3.8, 4) is 6.07 Å². The van der Waals surface area contributed by atoms with Gasteiger partial charge in [-0.2, -0.15) is 5.26 Å². The predicted molar refractivity (Wildman–Crippen MR) is 56.6 cm³/mol. The van der Waals surface area contributed by atoms with Crippen LogP contribution in [0.5, 0.6) is 0 Å². The molecule has 0 heterocycles. The van der Waals surface area contributed by atoms with Gasteiger partial charge in [0.1, 0.15) is 6.07 Å². The van der Waals surface area contributed by atoms with Crippen molar-refractivity contribution in [2.75, 3.05) is 5.32 Å². The maximum absolute atomic E-state index is 11.2. The predicted octanol–water partition coefficient (Wildman–Crippen LogP) is 0.887. The van der Waals surface area contributed by atoms with Crippen LogP contribution in [0.4, 0.5) is 11.4 Å². The summed E-state index contributed by atoms with van der Waals surface area (Å²) in [5.74, 6) is -0.899. The number of non-ortho nitro benzene ring substituents is 1. The van der Waals surface area contributed by atoms with Crippen molar-refractivity contribution in [2.45, 2.75) is 0 Å². The van der Waals surface area contributed by atoms with E-state index in [0.29, 0.717) is 0 Å². The summed E-state index contributed by atoms with van der Waals surface area (Å²) in [7, 11) is 0. The normalized spacial score (nSPS) is 10.4. The molecule has 1 aromatic carbocycles. The van der Waals surface area contributed by atoms with Gasteiger partial charge in [-0.1, -0.05) is 5.16 Å². The zero-order valence-corrected chi connectivity index (χ0v) is 8.32. The number of anilines is 1. The Labute approximate surface area is 94.9 Å². The lowest BCUT2D eigenvalue weighted by atomic mass is 10.2. The lowest BCUT2D eigenvalue weighted by Gasteiger charge is -2.01. The zero-order valence-electron chi connectivity index (χ0n) is 8.32. The monoisotopic (exact) mass is 234 g/mol. The number of rotatable bonds is 3. The number of hydrogen-bond donors (Lipinski definition) is 2. The molecule has 0 radical (unpaired) electrons. The van der Waals surface area contributed by atoms with Crippen LogP contribution in [0.3, 0.4) is 0 Å². The highest BCUT2D eigenvalue weighted by atomic mass is 16.6. The first-order valence-corrected chi connectivity index (χ1v) is 4.26. The number of carbonyl (C=O) groups is 1. The largest absolute Gasteiger partial charge is 0.410 e. The number of nitrogens with one attached hydrogen (secondary N) is 1. The van der Waals surface area contributed by atoms with Gasteiger partial charge in [-0.25, -0.2) is 0 Å². The number of benzene rings is 1. The van der Waals surface area contributed by atoms with Crippen LogP contribution in [0.15, 0.2) is 29.4 Å². The maximum atomic E-state index is 11.2. The molecule has 0 unspecified atom stereocenters. The topological polar surface area (TPSA) is 129 Å². The van der Waals surface area contributed by atoms with Crippen LogP contribution in [0.1, 0.15) is 0 Å². The van der Waals surface area contributed by atoms with Crippen LogP contribution >= 0.6 is 0 Å². The number of hydrogen-bond acceptors (Lipinski definition) is 6. The van der Waals surface area contributed by atoms with Gasteiger partial charge in [-0.3, -0.25) is 14.9 Å².